The van der Waals surface area contributed by atoms with Crippen molar-refractivity contribution in [1.82, 2.24) is 9.78 Å². The second-order valence-corrected chi connectivity index (χ2v) is 6.60. The largest absolute Gasteiger partial charge is 0.492 e. The Bertz CT molecular complexity index is 1140. The van der Waals surface area contributed by atoms with Gasteiger partial charge < -0.3 is 14.8 Å². The maximum absolute atomic E-state index is 13.1. The fourth-order valence-electron chi connectivity index (χ4n) is 2.46. The van der Waals surface area contributed by atoms with Crippen molar-refractivity contribution in [3.05, 3.63) is 87.6 Å². The number of nitrogens with one attached hydrogen (secondary N) is 1. The van der Waals surface area contributed by atoms with E-state index < -0.39 is 29.9 Å². The predicted octanol–water partition coefficient (Wildman–Crippen LogP) is 2.91. The smallest absolute Gasteiger partial charge is 0.359 e. The number of carbonyl (C=O) groups is 2. The third-order valence-electron chi connectivity index (χ3n) is 3.93. The molecule has 0 aliphatic rings. The van der Waals surface area contributed by atoms with Gasteiger partial charge in [0.15, 0.2) is 12.3 Å². The zero-order valence-electron chi connectivity index (χ0n) is 16.1. The molecule has 3 rings (SSSR count). The lowest BCUT2D eigenvalue weighted by Gasteiger charge is -2.09. The summed E-state index contributed by atoms with van der Waals surface area (Å²) in [6, 6.07) is 15.0. The van der Waals surface area contributed by atoms with Crippen LogP contribution in [0.25, 0.3) is 0 Å². The van der Waals surface area contributed by atoms with E-state index in [0.717, 1.165) is 10.7 Å². The monoisotopic (exact) mass is 445 g/mol. The van der Waals surface area contributed by atoms with Gasteiger partial charge in [-0.15, -0.1) is 0 Å². The van der Waals surface area contributed by atoms with E-state index in [0.29, 0.717) is 5.75 Å². The number of ether oxygens (including phenoxy) is 2. The number of nitrogens with zero attached hydrogens (tertiary/aromatic N) is 2. The number of hydrogen-bond donors (Lipinski definition) is 1. The third kappa shape index (κ3) is 6.38. The van der Waals surface area contributed by atoms with Crippen molar-refractivity contribution in [2.45, 2.75) is 6.54 Å². The van der Waals surface area contributed by atoms with Gasteiger partial charge in [-0.25, -0.2) is 13.9 Å². The summed E-state index contributed by atoms with van der Waals surface area (Å²) < 4.78 is 24.7. The van der Waals surface area contributed by atoms with Crippen LogP contribution in [0.5, 0.6) is 5.75 Å². The molecule has 0 saturated heterocycles. The predicted molar refractivity (Wildman–Crippen MR) is 111 cm³/mol. The van der Waals surface area contributed by atoms with E-state index in [2.05, 4.69) is 10.4 Å². The van der Waals surface area contributed by atoms with Gasteiger partial charge in [0.2, 0.25) is 0 Å². The Morgan fingerprint density at radius 2 is 1.87 bits per heavy atom. The van der Waals surface area contributed by atoms with Crippen LogP contribution in [0.1, 0.15) is 10.5 Å². The molecular formula is C21H17ClFN3O5. The van der Waals surface area contributed by atoms with Crippen LogP contribution in [-0.2, 0) is 16.1 Å². The van der Waals surface area contributed by atoms with E-state index in [-0.39, 0.29) is 29.6 Å². The molecule has 0 aliphatic heterocycles. The molecule has 1 amide bonds. The minimum atomic E-state index is -0.884. The number of para-hydroxylation sites is 1. The van der Waals surface area contributed by atoms with E-state index in [1.54, 1.807) is 12.1 Å². The highest BCUT2D eigenvalue weighted by Crippen LogP contribution is 2.19. The van der Waals surface area contributed by atoms with E-state index in [9.17, 15) is 18.8 Å². The van der Waals surface area contributed by atoms with Crippen LogP contribution in [0.3, 0.4) is 0 Å². The van der Waals surface area contributed by atoms with Gasteiger partial charge in [0.25, 0.3) is 11.5 Å². The standard InChI is InChI=1S/C21H17ClFN3O5/c22-16-12-14(6-7-17(16)23)24-19(27)13-31-21(29)18-8-9-20(28)26(25-18)10-11-30-15-4-2-1-3-5-15/h1-9,12H,10-11,13H2,(H,24,27). The van der Waals surface area contributed by atoms with Crippen LogP contribution < -0.4 is 15.6 Å². The summed E-state index contributed by atoms with van der Waals surface area (Å²) in [7, 11) is 0. The van der Waals surface area contributed by atoms with Gasteiger partial charge in [-0.2, -0.15) is 5.10 Å². The topological polar surface area (TPSA) is 99.5 Å². The van der Waals surface area contributed by atoms with Crippen LogP contribution in [0.4, 0.5) is 10.1 Å². The lowest BCUT2D eigenvalue weighted by atomic mass is 10.3. The molecule has 8 nitrogen and oxygen atoms in total. The number of benzene rings is 2. The molecule has 0 aliphatic carbocycles. The van der Waals surface area contributed by atoms with Gasteiger partial charge >= 0.3 is 5.97 Å². The normalized spacial score (nSPS) is 10.4. The van der Waals surface area contributed by atoms with Crippen molar-refractivity contribution >= 4 is 29.2 Å². The lowest BCUT2D eigenvalue weighted by Crippen LogP contribution is -2.28. The molecule has 1 heterocycles. The zero-order valence-corrected chi connectivity index (χ0v) is 16.8. The highest BCUT2D eigenvalue weighted by Gasteiger charge is 2.14. The minimum Gasteiger partial charge on any atom is -0.492 e. The van der Waals surface area contributed by atoms with Crippen molar-refractivity contribution < 1.29 is 23.5 Å². The molecule has 1 aromatic heterocycles. The lowest BCUT2D eigenvalue weighted by molar-refractivity contribution is -0.119. The Labute approximate surface area is 181 Å². The summed E-state index contributed by atoms with van der Waals surface area (Å²) in [5.41, 5.74) is -0.311. The van der Waals surface area contributed by atoms with Gasteiger partial charge in [-0.1, -0.05) is 29.8 Å². The SMILES string of the molecule is O=C(COC(=O)c1ccc(=O)n(CCOc2ccccc2)n1)Nc1ccc(F)c(Cl)c1. The van der Waals surface area contributed by atoms with Crippen LogP contribution in [0.2, 0.25) is 5.02 Å². The number of anilines is 1. The average Bonchev–Trinajstić information content (AvgIpc) is 2.76. The van der Waals surface area contributed by atoms with Crippen molar-refractivity contribution in [1.29, 1.82) is 0 Å². The highest BCUT2D eigenvalue weighted by atomic mass is 35.5. The number of halogens is 2. The number of rotatable bonds is 8. The van der Waals surface area contributed by atoms with E-state index >= 15 is 0 Å². The van der Waals surface area contributed by atoms with Crippen molar-refractivity contribution in [3.63, 3.8) is 0 Å². The number of carbonyl (C=O) groups excluding carboxylic acids is 2. The number of esters is 1. The van der Waals surface area contributed by atoms with Crippen molar-refractivity contribution in [3.8, 4) is 5.75 Å². The molecule has 3 aromatic rings. The molecule has 2 aromatic carbocycles. The molecule has 1 N–H and O–H groups in total. The second kappa shape index (κ2) is 10.4. The van der Waals surface area contributed by atoms with Gasteiger partial charge in [0, 0.05) is 11.8 Å². The van der Waals surface area contributed by atoms with Crippen LogP contribution >= 0.6 is 11.6 Å². The molecule has 0 fully saturated rings. The maximum atomic E-state index is 13.1. The second-order valence-electron chi connectivity index (χ2n) is 6.19. The van der Waals surface area contributed by atoms with E-state index in [4.69, 9.17) is 21.1 Å². The number of aromatic nitrogens is 2. The molecule has 0 saturated carbocycles. The van der Waals surface area contributed by atoms with Crippen molar-refractivity contribution in [2.24, 2.45) is 0 Å². The first kappa shape index (κ1) is 22.0. The third-order valence-corrected chi connectivity index (χ3v) is 4.22. The Kier molecular flexibility index (Phi) is 7.34. The van der Waals surface area contributed by atoms with Crippen molar-refractivity contribution in [2.75, 3.05) is 18.5 Å². The maximum Gasteiger partial charge on any atom is 0.359 e. The van der Waals surface area contributed by atoms with Crippen LogP contribution in [0.15, 0.2) is 65.5 Å². The fourth-order valence-corrected chi connectivity index (χ4v) is 2.64. The molecule has 160 valence electrons. The summed E-state index contributed by atoms with van der Waals surface area (Å²) >= 11 is 5.65. The Morgan fingerprint density at radius 1 is 1.10 bits per heavy atom. The molecule has 0 spiro atoms. The quantitative estimate of drug-likeness (QED) is 0.535. The molecule has 10 heteroatoms. The molecule has 0 radical (unpaired) electrons. The molecular weight excluding hydrogens is 429 g/mol. The fraction of sp³-hybridized carbons (Fsp3) is 0.143. The van der Waals surface area contributed by atoms with Gasteiger partial charge in [-0.3, -0.25) is 9.59 Å². The Balaban J connectivity index is 1.53. The first-order valence-electron chi connectivity index (χ1n) is 9.10. The van der Waals surface area contributed by atoms with Gasteiger partial charge in [0.05, 0.1) is 11.6 Å². The molecule has 0 bridgehead atoms. The van der Waals surface area contributed by atoms with Crippen LogP contribution in [-0.4, -0.2) is 34.9 Å². The van der Waals surface area contributed by atoms with E-state index in [1.165, 1.54) is 24.3 Å². The minimum absolute atomic E-state index is 0.112. The number of amides is 1. The molecule has 0 atom stereocenters. The Morgan fingerprint density at radius 3 is 2.61 bits per heavy atom. The summed E-state index contributed by atoms with van der Waals surface area (Å²) in [4.78, 5) is 36.0. The van der Waals surface area contributed by atoms with Crippen LogP contribution in [0, 0.1) is 5.82 Å². The average molecular weight is 446 g/mol. The first-order valence-corrected chi connectivity index (χ1v) is 9.48. The Hall–Kier alpha value is -3.72. The number of hydrogen-bond acceptors (Lipinski definition) is 6. The first-order chi connectivity index (χ1) is 14.9. The zero-order chi connectivity index (χ0) is 22.2. The summed E-state index contributed by atoms with van der Waals surface area (Å²) in [5, 5.41) is 6.21. The summed E-state index contributed by atoms with van der Waals surface area (Å²) in [6.45, 7) is -0.329. The van der Waals surface area contributed by atoms with Gasteiger partial charge in [-0.05, 0) is 36.4 Å². The van der Waals surface area contributed by atoms with E-state index in [1.807, 2.05) is 18.2 Å². The summed E-state index contributed by atoms with van der Waals surface area (Å²) in [5.74, 6) is -1.52. The highest BCUT2D eigenvalue weighted by molar-refractivity contribution is 6.31. The molecule has 0 unspecified atom stereocenters. The molecule has 31 heavy (non-hydrogen) atoms. The van der Waals surface area contributed by atoms with Gasteiger partial charge in [0.1, 0.15) is 18.2 Å². The summed E-state index contributed by atoms with van der Waals surface area (Å²) in [6.07, 6.45) is 0.